The van der Waals surface area contributed by atoms with Gasteiger partial charge >= 0.3 is 12.1 Å². The molecule has 1 aromatic heterocycles. The lowest BCUT2D eigenvalue weighted by Crippen LogP contribution is -2.29. The van der Waals surface area contributed by atoms with E-state index in [1.165, 1.54) is 4.90 Å². The van der Waals surface area contributed by atoms with Crippen LogP contribution in [0.5, 0.6) is 0 Å². The summed E-state index contributed by atoms with van der Waals surface area (Å²) in [5.74, 6) is -0.784. The Kier molecular flexibility index (Phi) is 2.69. The van der Waals surface area contributed by atoms with E-state index in [1.54, 1.807) is 4.68 Å². The molecule has 19 heavy (non-hydrogen) atoms. The van der Waals surface area contributed by atoms with Crippen LogP contribution in [0.1, 0.15) is 46.9 Å². The van der Waals surface area contributed by atoms with Crippen LogP contribution in [0.3, 0.4) is 0 Å². The molecule has 7 heteroatoms. The highest BCUT2D eigenvalue weighted by molar-refractivity contribution is 5.88. The largest absolute Gasteiger partial charge is 0.476 e. The number of carboxylic acids is 1. The van der Waals surface area contributed by atoms with Crippen molar-refractivity contribution in [2.24, 2.45) is 0 Å². The van der Waals surface area contributed by atoms with Crippen molar-refractivity contribution in [2.75, 3.05) is 6.54 Å². The number of carboxylic acid groups (broad SMARTS) is 2. The number of nitrogens with zero attached hydrogens (tertiary/aromatic N) is 3. The normalized spacial score (nSPS) is 18.8. The molecule has 0 atom stereocenters. The number of fused-ring (bicyclic) bond motifs is 1. The first-order valence-electron chi connectivity index (χ1n) is 6.38. The first kappa shape index (κ1) is 12.0. The first-order chi connectivity index (χ1) is 9.08. The Hall–Kier alpha value is -2.05. The zero-order valence-electron chi connectivity index (χ0n) is 10.4. The average Bonchev–Trinajstić information content (AvgIpc) is 3.14. The fraction of sp³-hybridized carbons (Fsp3) is 0.583. The van der Waals surface area contributed by atoms with Gasteiger partial charge in [-0.3, -0.25) is 4.68 Å². The number of aromatic nitrogens is 2. The number of aryl methyl sites for hydroxylation is 1. The van der Waals surface area contributed by atoms with E-state index in [2.05, 4.69) is 5.10 Å². The molecule has 2 N–H and O–H groups in total. The summed E-state index contributed by atoms with van der Waals surface area (Å²) in [5.41, 5.74) is 1.62. The Morgan fingerprint density at radius 2 is 1.95 bits per heavy atom. The SMILES string of the molecule is O=C(O)c1nn2c(c1C1CC1)CN(C(=O)O)CCC2. The highest BCUT2D eigenvalue weighted by Crippen LogP contribution is 2.44. The minimum Gasteiger partial charge on any atom is -0.476 e. The Morgan fingerprint density at radius 1 is 1.21 bits per heavy atom. The van der Waals surface area contributed by atoms with E-state index >= 15 is 0 Å². The van der Waals surface area contributed by atoms with Crippen molar-refractivity contribution >= 4 is 12.1 Å². The lowest BCUT2D eigenvalue weighted by molar-refractivity contribution is 0.0688. The van der Waals surface area contributed by atoms with Gasteiger partial charge in [0.15, 0.2) is 5.69 Å². The van der Waals surface area contributed by atoms with Gasteiger partial charge in [-0.25, -0.2) is 9.59 Å². The van der Waals surface area contributed by atoms with Gasteiger partial charge in [-0.05, 0) is 25.2 Å². The summed E-state index contributed by atoms with van der Waals surface area (Å²) < 4.78 is 1.68. The molecule has 0 unspecified atom stereocenters. The van der Waals surface area contributed by atoms with Crippen molar-refractivity contribution in [1.82, 2.24) is 14.7 Å². The van der Waals surface area contributed by atoms with Crippen LogP contribution in [0.15, 0.2) is 0 Å². The third-order valence-electron chi connectivity index (χ3n) is 3.70. The Morgan fingerprint density at radius 3 is 2.53 bits per heavy atom. The van der Waals surface area contributed by atoms with Gasteiger partial charge in [0.05, 0.1) is 12.2 Å². The smallest absolute Gasteiger partial charge is 0.407 e. The Bertz CT molecular complexity index is 547. The topological polar surface area (TPSA) is 95.7 Å². The molecule has 7 nitrogen and oxygen atoms in total. The lowest BCUT2D eigenvalue weighted by atomic mass is 10.1. The highest BCUT2D eigenvalue weighted by atomic mass is 16.4. The number of rotatable bonds is 2. The number of hydrogen-bond donors (Lipinski definition) is 2. The third-order valence-corrected chi connectivity index (χ3v) is 3.70. The van der Waals surface area contributed by atoms with Crippen LogP contribution in [-0.2, 0) is 13.1 Å². The molecule has 0 bridgehead atoms. The number of carbonyl (C=O) groups is 2. The van der Waals surface area contributed by atoms with Crippen molar-refractivity contribution in [1.29, 1.82) is 0 Å². The van der Waals surface area contributed by atoms with Gasteiger partial charge in [-0.2, -0.15) is 5.10 Å². The summed E-state index contributed by atoms with van der Waals surface area (Å²) in [6.45, 7) is 1.28. The van der Waals surface area contributed by atoms with Gasteiger partial charge < -0.3 is 15.1 Å². The molecule has 0 radical (unpaired) electrons. The molecule has 102 valence electrons. The second kappa shape index (κ2) is 4.25. The predicted octanol–water partition coefficient (Wildman–Crippen LogP) is 1.34. The number of amides is 1. The van der Waals surface area contributed by atoms with Crippen LogP contribution in [0.4, 0.5) is 4.79 Å². The Labute approximate surface area is 109 Å². The molecule has 0 spiro atoms. The maximum absolute atomic E-state index is 11.3. The molecule has 0 aromatic carbocycles. The van der Waals surface area contributed by atoms with Crippen LogP contribution in [0.25, 0.3) is 0 Å². The van der Waals surface area contributed by atoms with Gasteiger partial charge in [0.25, 0.3) is 0 Å². The van der Waals surface area contributed by atoms with Gasteiger partial charge in [-0.15, -0.1) is 0 Å². The van der Waals surface area contributed by atoms with E-state index in [9.17, 15) is 14.7 Å². The summed E-state index contributed by atoms with van der Waals surface area (Å²) in [4.78, 5) is 23.7. The van der Waals surface area contributed by atoms with Crippen LogP contribution in [-0.4, -0.2) is 43.5 Å². The summed E-state index contributed by atoms with van der Waals surface area (Å²) >= 11 is 0. The van der Waals surface area contributed by atoms with E-state index in [0.29, 0.717) is 19.5 Å². The van der Waals surface area contributed by atoms with E-state index in [1.807, 2.05) is 0 Å². The number of hydrogen-bond acceptors (Lipinski definition) is 3. The highest BCUT2D eigenvalue weighted by Gasteiger charge is 2.36. The van der Waals surface area contributed by atoms with Crippen molar-refractivity contribution in [3.8, 4) is 0 Å². The van der Waals surface area contributed by atoms with E-state index in [4.69, 9.17) is 5.11 Å². The van der Waals surface area contributed by atoms with Crippen molar-refractivity contribution < 1.29 is 19.8 Å². The molecular formula is C12H15N3O4. The van der Waals surface area contributed by atoms with Crippen molar-refractivity contribution in [3.05, 3.63) is 17.0 Å². The maximum Gasteiger partial charge on any atom is 0.407 e. The molecule has 1 amide bonds. The van der Waals surface area contributed by atoms with Gasteiger partial charge in [0.2, 0.25) is 0 Å². The third kappa shape index (κ3) is 2.05. The molecule has 1 aliphatic heterocycles. The summed E-state index contributed by atoms with van der Waals surface area (Å²) in [5, 5.41) is 22.5. The standard InChI is InChI=1S/C12H15N3O4/c16-11(17)10-9(7-2-3-7)8-6-14(12(18)19)4-1-5-15(8)13-10/h7H,1-6H2,(H,16,17)(H,18,19). The second-order valence-corrected chi connectivity index (χ2v) is 5.07. The van der Waals surface area contributed by atoms with Crippen LogP contribution in [0.2, 0.25) is 0 Å². The molecule has 1 saturated carbocycles. The second-order valence-electron chi connectivity index (χ2n) is 5.07. The molecule has 0 saturated heterocycles. The number of aromatic carboxylic acids is 1. The monoisotopic (exact) mass is 265 g/mol. The first-order valence-corrected chi connectivity index (χ1v) is 6.38. The fourth-order valence-corrected chi connectivity index (χ4v) is 2.66. The predicted molar refractivity (Wildman–Crippen MR) is 64.2 cm³/mol. The van der Waals surface area contributed by atoms with E-state index in [0.717, 1.165) is 24.1 Å². The quantitative estimate of drug-likeness (QED) is 0.841. The molecule has 1 aromatic rings. The molecule has 2 aliphatic rings. The lowest BCUT2D eigenvalue weighted by Gasteiger charge is -2.16. The molecular weight excluding hydrogens is 250 g/mol. The zero-order valence-corrected chi connectivity index (χ0v) is 10.4. The van der Waals surface area contributed by atoms with Crippen LogP contribution in [0, 0.1) is 0 Å². The van der Waals surface area contributed by atoms with Crippen LogP contribution >= 0.6 is 0 Å². The van der Waals surface area contributed by atoms with Gasteiger partial charge in [0.1, 0.15) is 0 Å². The van der Waals surface area contributed by atoms with Crippen molar-refractivity contribution in [2.45, 2.75) is 38.3 Å². The van der Waals surface area contributed by atoms with E-state index in [-0.39, 0.29) is 18.2 Å². The van der Waals surface area contributed by atoms with E-state index < -0.39 is 12.1 Å². The maximum atomic E-state index is 11.3. The van der Waals surface area contributed by atoms with Crippen LogP contribution < -0.4 is 0 Å². The fourth-order valence-electron chi connectivity index (χ4n) is 2.66. The zero-order chi connectivity index (χ0) is 13.6. The summed E-state index contributed by atoms with van der Waals surface area (Å²) in [6, 6.07) is 0. The summed E-state index contributed by atoms with van der Waals surface area (Å²) in [7, 11) is 0. The minimum absolute atomic E-state index is 0.102. The average molecular weight is 265 g/mol. The van der Waals surface area contributed by atoms with Gasteiger partial charge in [-0.1, -0.05) is 0 Å². The molecule has 3 rings (SSSR count). The Balaban J connectivity index is 2.05. The molecule has 1 fully saturated rings. The molecule has 1 aliphatic carbocycles. The van der Waals surface area contributed by atoms with Crippen molar-refractivity contribution in [3.63, 3.8) is 0 Å². The summed E-state index contributed by atoms with van der Waals surface area (Å²) in [6.07, 6.45) is 1.62. The molecule has 2 heterocycles. The van der Waals surface area contributed by atoms with Gasteiger partial charge in [0, 0.05) is 18.7 Å². The minimum atomic E-state index is -1.02.